The maximum atomic E-state index is 13.3. The number of carbonyl (C=O) groups is 2. The summed E-state index contributed by atoms with van der Waals surface area (Å²) in [5.74, 6) is -1.34. The fourth-order valence-corrected chi connectivity index (χ4v) is 3.62. The number of anilines is 2. The van der Waals surface area contributed by atoms with Crippen molar-refractivity contribution in [3.05, 3.63) is 100 Å². The Labute approximate surface area is 186 Å². The molecule has 1 aliphatic rings. The van der Waals surface area contributed by atoms with Crippen molar-refractivity contribution in [2.75, 3.05) is 10.2 Å². The van der Waals surface area contributed by atoms with Gasteiger partial charge in [0, 0.05) is 5.69 Å². The Balaban J connectivity index is 1.83. The van der Waals surface area contributed by atoms with Gasteiger partial charge in [-0.3, -0.25) is 9.59 Å². The van der Waals surface area contributed by atoms with E-state index in [1.807, 2.05) is 6.92 Å². The van der Waals surface area contributed by atoms with Crippen molar-refractivity contribution < 1.29 is 22.8 Å². The largest absolute Gasteiger partial charge is 0.416 e. The average Bonchev–Trinajstić information content (AvgIpc) is 2.98. The van der Waals surface area contributed by atoms with Crippen molar-refractivity contribution in [2.45, 2.75) is 13.1 Å². The summed E-state index contributed by atoms with van der Waals surface area (Å²) in [5.41, 5.74) is 0.667. The molecule has 0 spiro atoms. The zero-order valence-corrected chi connectivity index (χ0v) is 17.5. The number of nitrogens with one attached hydrogen (secondary N) is 1. The first-order valence-corrected chi connectivity index (χ1v) is 9.93. The number of imide groups is 1. The molecule has 2 amide bonds. The molecule has 0 saturated heterocycles. The van der Waals surface area contributed by atoms with Crippen molar-refractivity contribution in [3.8, 4) is 0 Å². The lowest BCUT2D eigenvalue weighted by Crippen LogP contribution is -2.32. The molecule has 1 aliphatic heterocycles. The fourth-order valence-electron chi connectivity index (χ4n) is 3.40. The molecule has 0 fully saturated rings. The number of nitrogens with zero attached hydrogens (tertiary/aromatic N) is 1. The molecular weight excluding hydrogens is 441 g/mol. The number of rotatable bonds is 4. The SMILES string of the molecule is Cc1ccc(C2=C(Nc3cccc(C(F)(F)F)c3)C(=O)N(c3ccccc3Cl)C2=O)cc1. The second-order valence-corrected chi connectivity index (χ2v) is 7.62. The molecule has 0 aliphatic carbocycles. The quantitative estimate of drug-likeness (QED) is 0.485. The normalized spacial score (nSPS) is 14.3. The number of para-hydroxylation sites is 1. The Hall–Kier alpha value is -3.58. The molecular formula is C24H16ClF3N2O2. The first kappa shape index (κ1) is 21.6. The van der Waals surface area contributed by atoms with Gasteiger partial charge < -0.3 is 5.32 Å². The van der Waals surface area contributed by atoms with E-state index in [4.69, 9.17) is 11.6 Å². The summed E-state index contributed by atoms with van der Waals surface area (Å²) in [6, 6.07) is 17.7. The Morgan fingerprint density at radius 1 is 0.875 bits per heavy atom. The third-order valence-corrected chi connectivity index (χ3v) is 5.30. The van der Waals surface area contributed by atoms with Crippen LogP contribution in [0.15, 0.2) is 78.5 Å². The number of carbonyl (C=O) groups excluding carboxylic acids is 2. The predicted molar refractivity (Wildman–Crippen MR) is 117 cm³/mol. The van der Waals surface area contributed by atoms with Gasteiger partial charge >= 0.3 is 6.18 Å². The van der Waals surface area contributed by atoms with Crippen molar-refractivity contribution in [1.82, 2.24) is 0 Å². The van der Waals surface area contributed by atoms with E-state index in [0.717, 1.165) is 22.6 Å². The summed E-state index contributed by atoms with van der Waals surface area (Å²) in [4.78, 5) is 27.6. The molecule has 8 heteroatoms. The summed E-state index contributed by atoms with van der Waals surface area (Å²) in [7, 11) is 0. The zero-order valence-electron chi connectivity index (χ0n) is 16.7. The Morgan fingerprint density at radius 2 is 1.56 bits per heavy atom. The number of amides is 2. The van der Waals surface area contributed by atoms with Gasteiger partial charge in [-0.25, -0.2) is 4.90 Å². The van der Waals surface area contributed by atoms with Crippen LogP contribution < -0.4 is 10.2 Å². The van der Waals surface area contributed by atoms with Gasteiger partial charge in [0.25, 0.3) is 11.8 Å². The molecule has 0 bridgehead atoms. The maximum absolute atomic E-state index is 13.3. The lowest BCUT2D eigenvalue weighted by molar-refractivity contribution is -0.137. The molecule has 4 nitrogen and oxygen atoms in total. The molecule has 162 valence electrons. The van der Waals surface area contributed by atoms with Crippen molar-refractivity contribution in [1.29, 1.82) is 0 Å². The Bertz CT molecular complexity index is 1250. The lowest BCUT2D eigenvalue weighted by Gasteiger charge is -2.17. The van der Waals surface area contributed by atoms with E-state index in [2.05, 4.69) is 5.32 Å². The first-order valence-electron chi connectivity index (χ1n) is 9.56. The summed E-state index contributed by atoms with van der Waals surface area (Å²) in [5, 5.41) is 2.93. The van der Waals surface area contributed by atoms with E-state index >= 15 is 0 Å². The van der Waals surface area contributed by atoms with Crippen LogP contribution >= 0.6 is 11.6 Å². The summed E-state index contributed by atoms with van der Waals surface area (Å²) in [6.45, 7) is 1.87. The number of alkyl halides is 3. The molecule has 0 unspecified atom stereocenters. The van der Waals surface area contributed by atoms with Gasteiger partial charge in [0.05, 0.1) is 21.8 Å². The van der Waals surface area contributed by atoms with Gasteiger partial charge in [0.15, 0.2) is 0 Å². The minimum absolute atomic E-state index is 0.0293. The summed E-state index contributed by atoms with van der Waals surface area (Å²) < 4.78 is 39.4. The number of benzene rings is 3. The van der Waals surface area contributed by atoms with Crippen LogP contribution in [0.2, 0.25) is 5.02 Å². The highest BCUT2D eigenvalue weighted by Crippen LogP contribution is 2.37. The molecule has 1 N–H and O–H groups in total. The minimum Gasteiger partial charge on any atom is -0.350 e. The Kier molecular flexibility index (Phi) is 5.52. The lowest BCUT2D eigenvalue weighted by atomic mass is 10.0. The van der Waals surface area contributed by atoms with Crippen molar-refractivity contribution in [2.24, 2.45) is 0 Å². The van der Waals surface area contributed by atoms with E-state index in [9.17, 15) is 22.8 Å². The molecule has 3 aromatic carbocycles. The van der Waals surface area contributed by atoms with E-state index in [0.29, 0.717) is 5.56 Å². The third-order valence-electron chi connectivity index (χ3n) is 4.98. The number of halogens is 4. The van der Waals surface area contributed by atoms with Crippen LogP contribution in [-0.4, -0.2) is 11.8 Å². The van der Waals surface area contributed by atoms with Crippen LogP contribution in [0.5, 0.6) is 0 Å². The third kappa shape index (κ3) is 3.99. The van der Waals surface area contributed by atoms with E-state index in [-0.39, 0.29) is 27.7 Å². The number of hydrogen-bond donors (Lipinski definition) is 1. The second kappa shape index (κ2) is 8.16. The highest BCUT2D eigenvalue weighted by molar-refractivity contribution is 6.48. The van der Waals surface area contributed by atoms with Crippen molar-refractivity contribution >= 4 is 40.4 Å². The van der Waals surface area contributed by atoms with Crippen LogP contribution in [0.3, 0.4) is 0 Å². The van der Waals surface area contributed by atoms with Gasteiger partial charge in [-0.2, -0.15) is 13.2 Å². The van der Waals surface area contributed by atoms with Crippen LogP contribution in [0.1, 0.15) is 16.7 Å². The fraction of sp³-hybridized carbons (Fsp3) is 0.0833. The van der Waals surface area contributed by atoms with E-state index in [1.54, 1.807) is 42.5 Å². The average molecular weight is 457 g/mol. The van der Waals surface area contributed by atoms with Crippen LogP contribution in [0.25, 0.3) is 5.57 Å². The van der Waals surface area contributed by atoms with Crippen LogP contribution in [-0.2, 0) is 15.8 Å². The topological polar surface area (TPSA) is 49.4 Å². The van der Waals surface area contributed by atoms with Gasteiger partial charge in [-0.15, -0.1) is 0 Å². The van der Waals surface area contributed by atoms with Gasteiger partial charge in [0.1, 0.15) is 5.70 Å². The van der Waals surface area contributed by atoms with Gasteiger partial charge in [-0.1, -0.05) is 59.6 Å². The molecule has 0 radical (unpaired) electrons. The number of hydrogen-bond acceptors (Lipinski definition) is 3. The summed E-state index contributed by atoms with van der Waals surface area (Å²) in [6.07, 6.45) is -4.55. The highest BCUT2D eigenvalue weighted by Gasteiger charge is 2.41. The molecule has 0 atom stereocenters. The van der Waals surface area contributed by atoms with Gasteiger partial charge in [0.2, 0.25) is 0 Å². The molecule has 32 heavy (non-hydrogen) atoms. The first-order chi connectivity index (χ1) is 15.2. The second-order valence-electron chi connectivity index (χ2n) is 7.22. The molecule has 4 rings (SSSR count). The van der Waals surface area contributed by atoms with Crippen molar-refractivity contribution in [3.63, 3.8) is 0 Å². The minimum atomic E-state index is -4.55. The highest BCUT2D eigenvalue weighted by atomic mass is 35.5. The van der Waals surface area contributed by atoms with E-state index in [1.165, 1.54) is 18.2 Å². The van der Waals surface area contributed by atoms with Gasteiger partial charge in [-0.05, 0) is 42.8 Å². The molecule has 1 heterocycles. The molecule has 3 aromatic rings. The van der Waals surface area contributed by atoms with Crippen LogP contribution in [0.4, 0.5) is 24.5 Å². The Morgan fingerprint density at radius 3 is 2.22 bits per heavy atom. The predicted octanol–water partition coefficient (Wildman–Crippen LogP) is 6.06. The van der Waals surface area contributed by atoms with E-state index < -0.39 is 23.6 Å². The zero-order chi connectivity index (χ0) is 23.0. The maximum Gasteiger partial charge on any atom is 0.416 e. The number of aryl methyl sites for hydroxylation is 1. The molecule has 0 aromatic heterocycles. The monoisotopic (exact) mass is 456 g/mol. The summed E-state index contributed by atoms with van der Waals surface area (Å²) >= 11 is 6.22. The van der Waals surface area contributed by atoms with Crippen LogP contribution in [0, 0.1) is 6.92 Å². The smallest absolute Gasteiger partial charge is 0.350 e. The molecule has 0 saturated carbocycles. The standard InChI is InChI=1S/C24H16ClF3N2O2/c1-14-9-11-15(12-10-14)20-21(29-17-6-4-5-16(13-17)24(26,27)28)23(32)30(22(20)31)19-8-3-2-7-18(19)25/h2-13,29H,1H3.